The minimum atomic E-state index is -0.923. The van der Waals surface area contributed by atoms with Gasteiger partial charge in [0.1, 0.15) is 5.60 Å². The molecule has 0 aromatic carbocycles. The lowest BCUT2D eigenvalue weighted by atomic mass is 9.70. The highest BCUT2D eigenvalue weighted by Crippen LogP contribution is 2.51. The molecule has 0 aromatic heterocycles. The molecular formula is C25H38O3. The van der Waals surface area contributed by atoms with Crippen molar-refractivity contribution in [1.29, 1.82) is 0 Å². The topological polar surface area (TPSA) is 60.7 Å². The molecule has 0 amide bonds. The summed E-state index contributed by atoms with van der Waals surface area (Å²) >= 11 is 0. The van der Waals surface area contributed by atoms with Gasteiger partial charge in [-0.25, -0.2) is 0 Å². The van der Waals surface area contributed by atoms with Crippen LogP contribution in [0.3, 0.4) is 0 Å². The number of hydrogen-bond acceptors (Lipinski definition) is 3. The first-order chi connectivity index (χ1) is 12.9. The zero-order chi connectivity index (χ0) is 21.1. The number of aliphatic hydroxyl groups excluding tert-OH is 2. The maximum absolute atomic E-state index is 9.98. The fraction of sp³-hybridized carbons (Fsp3) is 0.680. The summed E-state index contributed by atoms with van der Waals surface area (Å²) in [5.41, 5.74) is 0.948. The average molecular weight is 387 g/mol. The Kier molecular flexibility index (Phi) is 7.37. The summed E-state index contributed by atoms with van der Waals surface area (Å²) in [7, 11) is 0. The van der Waals surface area contributed by atoms with Gasteiger partial charge in [0, 0.05) is 12.8 Å². The fourth-order valence-corrected chi connectivity index (χ4v) is 4.87. The van der Waals surface area contributed by atoms with Crippen molar-refractivity contribution in [1.82, 2.24) is 0 Å². The molecule has 28 heavy (non-hydrogen) atoms. The molecule has 0 saturated heterocycles. The first-order valence-corrected chi connectivity index (χ1v) is 10.6. The average Bonchev–Trinajstić information content (AvgIpc) is 2.85. The highest BCUT2D eigenvalue weighted by Gasteiger charge is 2.43. The van der Waals surface area contributed by atoms with Crippen LogP contribution in [-0.4, -0.2) is 33.1 Å². The highest BCUT2D eigenvalue weighted by atomic mass is 16.3. The second kappa shape index (κ2) is 8.99. The summed E-state index contributed by atoms with van der Waals surface area (Å²) in [4.78, 5) is 0. The first-order valence-electron chi connectivity index (χ1n) is 10.6. The van der Waals surface area contributed by atoms with Crippen molar-refractivity contribution in [2.45, 2.75) is 84.5 Å². The summed E-state index contributed by atoms with van der Waals surface area (Å²) in [6, 6.07) is 0. The number of hydrogen-bond donors (Lipinski definition) is 3. The maximum atomic E-state index is 9.98. The summed E-state index contributed by atoms with van der Waals surface area (Å²) < 4.78 is 0. The Morgan fingerprint density at radius 2 is 1.96 bits per heavy atom. The fourth-order valence-electron chi connectivity index (χ4n) is 4.87. The van der Waals surface area contributed by atoms with E-state index in [0.29, 0.717) is 30.6 Å². The van der Waals surface area contributed by atoms with Crippen LogP contribution in [0.4, 0.5) is 0 Å². The van der Waals surface area contributed by atoms with Crippen LogP contribution in [0.2, 0.25) is 0 Å². The van der Waals surface area contributed by atoms with Crippen molar-refractivity contribution < 1.29 is 15.3 Å². The molecule has 0 aromatic rings. The van der Waals surface area contributed by atoms with Gasteiger partial charge in [-0.3, -0.25) is 0 Å². The third-order valence-corrected chi connectivity index (χ3v) is 6.61. The highest BCUT2D eigenvalue weighted by molar-refractivity contribution is 5.37. The molecule has 2 aliphatic rings. The summed E-state index contributed by atoms with van der Waals surface area (Å²) in [5.74, 6) is 7.68. The van der Waals surface area contributed by atoms with E-state index < -0.39 is 17.8 Å². The number of rotatable bonds is 4. The summed E-state index contributed by atoms with van der Waals surface area (Å²) in [5, 5.41) is 29.6. The standard InChI is InChI=1S/C25H38O3/c1-17(9-8-14-24(3,4)28)22-13-12-20(25(22,5)6)11-7-10-19-15-21(26)16-23(27)18(19)2/h7,10-11,17,20-23,26-28H,2,9,12-13,15-16H2,1,3-6H3/b11-7+,19-10+/t17-,20+,21+,22+,23-/m0/s1. The van der Waals surface area contributed by atoms with E-state index in [-0.39, 0.29) is 5.41 Å². The van der Waals surface area contributed by atoms with Gasteiger partial charge in [0.2, 0.25) is 0 Å². The van der Waals surface area contributed by atoms with Crippen LogP contribution in [0.15, 0.2) is 36.0 Å². The molecule has 3 heteroatoms. The van der Waals surface area contributed by atoms with Crippen LogP contribution in [0.25, 0.3) is 0 Å². The van der Waals surface area contributed by atoms with E-state index in [1.165, 1.54) is 6.42 Å². The van der Waals surface area contributed by atoms with Gasteiger partial charge in [-0.1, -0.05) is 51.5 Å². The van der Waals surface area contributed by atoms with Gasteiger partial charge < -0.3 is 15.3 Å². The van der Waals surface area contributed by atoms with Gasteiger partial charge in [0.05, 0.1) is 12.2 Å². The lowest BCUT2D eigenvalue weighted by Crippen LogP contribution is -2.28. The quantitative estimate of drug-likeness (QED) is 0.628. The van der Waals surface area contributed by atoms with Crippen LogP contribution in [0, 0.1) is 35.0 Å². The molecule has 5 atom stereocenters. The van der Waals surface area contributed by atoms with Gasteiger partial charge in [0.25, 0.3) is 0 Å². The molecule has 2 aliphatic carbocycles. The van der Waals surface area contributed by atoms with Crippen molar-refractivity contribution in [3.05, 3.63) is 36.0 Å². The maximum Gasteiger partial charge on any atom is 0.119 e. The Balaban J connectivity index is 2.02. The largest absolute Gasteiger partial charge is 0.393 e. The Bertz CT molecular complexity index is 681. The number of aliphatic hydroxyl groups is 3. The van der Waals surface area contributed by atoms with Crippen LogP contribution in [0.1, 0.15) is 66.7 Å². The van der Waals surface area contributed by atoms with Crippen molar-refractivity contribution in [2.24, 2.45) is 23.2 Å². The van der Waals surface area contributed by atoms with E-state index in [0.717, 1.165) is 24.0 Å². The normalized spacial score (nSPS) is 33.1. The molecule has 0 aliphatic heterocycles. The van der Waals surface area contributed by atoms with Gasteiger partial charge >= 0.3 is 0 Å². The zero-order valence-corrected chi connectivity index (χ0v) is 18.2. The minimum absolute atomic E-state index is 0.188. The van der Waals surface area contributed by atoms with Crippen molar-refractivity contribution >= 4 is 0 Å². The lowest BCUT2D eigenvalue weighted by Gasteiger charge is -2.35. The van der Waals surface area contributed by atoms with Gasteiger partial charge in [0.15, 0.2) is 0 Å². The molecule has 0 bridgehead atoms. The minimum Gasteiger partial charge on any atom is -0.393 e. The molecular weight excluding hydrogens is 348 g/mol. The summed E-state index contributed by atoms with van der Waals surface area (Å²) in [6.07, 6.45) is 9.35. The molecule has 156 valence electrons. The second-order valence-corrected chi connectivity index (χ2v) is 9.87. The molecule has 2 rings (SSSR count). The Morgan fingerprint density at radius 3 is 2.61 bits per heavy atom. The van der Waals surface area contributed by atoms with Gasteiger partial charge in [-0.2, -0.15) is 0 Å². The van der Waals surface area contributed by atoms with Crippen LogP contribution in [0.5, 0.6) is 0 Å². The Morgan fingerprint density at radius 1 is 1.29 bits per heavy atom. The molecule has 0 spiro atoms. The molecule has 2 saturated carbocycles. The molecule has 3 nitrogen and oxygen atoms in total. The van der Waals surface area contributed by atoms with E-state index in [2.05, 4.69) is 51.3 Å². The third-order valence-electron chi connectivity index (χ3n) is 6.61. The summed E-state index contributed by atoms with van der Waals surface area (Å²) in [6.45, 7) is 14.4. The van der Waals surface area contributed by atoms with Crippen molar-refractivity contribution in [2.75, 3.05) is 0 Å². The first kappa shape index (κ1) is 22.9. The predicted octanol–water partition coefficient (Wildman–Crippen LogP) is 4.39. The molecule has 0 unspecified atom stereocenters. The molecule has 0 heterocycles. The SMILES string of the molecule is C=C1/C(=C/C=C/[C@@H]2CC[C@H]([C@@H](C)CC#CC(C)(C)O)C2(C)C)C[C@@H](O)C[C@@H]1O. The Labute approximate surface area is 171 Å². The predicted molar refractivity (Wildman–Crippen MR) is 115 cm³/mol. The van der Waals surface area contributed by atoms with Crippen LogP contribution in [-0.2, 0) is 0 Å². The zero-order valence-electron chi connectivity index (χ0n) is 18.2. The van der Waals surface area contributed by atoms with E-state index in [9.17, 15) is 15.3 Å². The number of allylic oxidation sites excluding steroid dienone is 3. The van der Waals surface area contributed by atoms with Gasteiger partial charge in [-0.05, 0) is 67.4 Å². The second-order valence-electron chi connectivity index (χ2n) is 9.87. The van der Waals surface area contributed by atoms with E-state index in [1.54, 1.807) is 13.8 Å². The van der Waals surface area contributed by atoms with Crippen LogP contribution >= 0.6 is 0 Å². The lowest BCUT2D eigenvalue weighted by molar-refractivity contribution is 0.0862. The molecule has 2 fully saturated rings. The van der Waals surface area contributed by atoms with Crippen LogP contribution < -0.4 is 0 Å². The van der Waals surface area contributed by atoms with E-state index >= 15 is 0 Å². The van der Waals surface area contributed by atoms with Gasteiger partial charge in [-0.15, -0.1) is 5.92 Å². The van der Waals surface area contributed by atoms with E-state index in [4.69, 9.17) is 0 Å². The molecule has 3 N–H and O–H groups in total. The smallest absolute Gasteiger partial charge is 0.119 e. The third kappa shape index (κ3) is 5.83. The monoisotopic (exact) mass is 386 g/mol. The van der Waals surface area contributed by atoms with E-state index in [1.807, 2.05) is 6.08 Å². The molecule has 0 radical (unpaired) electrons. The Hall–Kier alpha value is -1.34. The van der Waals surface area contributed by atoms with Crippen molar-refractivity contribution in [3.8, 4) is 11.8 Å². The van der Waals surface area contributed by atoms with Crippen molar-refractivity contribution in [3.63, 3.8) is 0 Å².